The van der Waals surface area contributed by atoms with Crippen LogP contribution in [0.15, 0.2) is 23.8 Å². The lowest BCUT2D eigenvalue weighted by atomic mass is 9.99. The molecule has 2 rings (SSSR count). The van der Waals surface area contributed by atoms with E-state index in [1.54, 1.807) is 6.08 Å². The number of cyclic esters (lactones) is 1. The molecule has 7 nitrogen and oxygen atoms in total. The lowest BCUT2D eigenvalue weighted by Crippen LogP contribution is -2.31. The van der Waals surface area contributed by atoms with Crippen LogP contribution in [0.5, 0.6) is 0 Å². The molecule has 44 heavy (non-hydrogen) atoms. The molecule has 4 N–H and O–H groups in total. The molecule has 256 valence electrons. The number of unbranched alkanes of at least 4 members (excludes halogenated alkanes) is 12. The first kappa shape index (κ1) is 38.9. The Bertz CT molecular complexity index is 797. The van der Waals surface area contributed by atoms with E-state index in [-0.39, 0.29) is 24.3 Å². The second-order valence-corrected chi connectivity index (χ2v) is 13.5. The molecule has 0 aromatic rings. The number of carbonyl (C=O) groups is 1. The summed E-state index contributed by atoms with van der Waals surface area (Å²) in [6, 6.07) is 0. The van der Waals surface area contributed by atoms with Gasteiger partial charge in [0, 0.05) is 12.0 Å². The van der Waals surface area contributed by atoms with Crippen molar-refractivity contribution < 1.29 is 34.7 Å². The van der Waals surface area contributed by atoms with Crippen LogP contribution in [0.4, 0.5) is 0 Å². The maximum Gasteiger partial charge on any atom is 0.334 e. The van der Waals surface area contributed by atoms with Gasteiger partial charge in [0.25, 0.3) is 0 Å². The molecule has 0 aromatic heterocycles. The minimum Gasteiger partial charge on any atom is -0.455 e. The Kier molecular flexibility index (Phi) is 21.2. The van der Waals surface area contributed by atoms with Gasteiger partial charge < -0.3 is 29.9 Å². The molecule has 7 heteroatoms. The first-order chi connectivity index (χ1) is 21.3. The molecule has 2 aliphatic heterocycles. The Morgan fingerprint density at radius 3 is 1.86 bits per heavy atom. The van der Waals surface area contributed by atoms with Gasteiger partial charge in [0.2, 0.25) is 0 Å². The molecule has 0 saturated carbocycles. The monoisotopic (exact) mass is 622 g/mol. The van der Waals surface area contributed by atoms with E-state index in [2.05, 4.69) is 19.1 Å². The molecule has 7 unspecified atom stereocenters. The van der Waals surface area contributed by atoms with E-state index in [0.717, 1.165) is 64.2 Å². The van der Waals surface area contributed by atoms with Gasteiger partial charge in [0.05, 0.1) is 36.6 Å². The van der Waals surface area contributed by atoms with Crippen LogP contribution in [0.25, 0.3) is 0 Å². The van der Waals surface area contributed by atoms with Gasteiger partial charge in [-0.3, -0.25) is 0 Å². The van der Waals surface area contributed by atoms with Gasteiger partial charge >= 0.3 is 5.97 Å². The standard InChI is InChI=1S/C37H66O7/c1-3-4-5-6-7-8-9-10-11-12-16-19-22-33(40)35-25-26-36(44-35)34(41)24-23-31(38)20-17-14-13-15-18-21-32(39)28-30-27-29(2)43-37(30)42/h12,16,27,29,31-36,38-41H,3-11,13-15,17-26,28H2,1-2H3. The molecule has 0 aliphatic carbocycles. The second kappa shape index (κ2) is 24.0. The SMILES string of the molecule is CCCCCCCCCCC=CCCC(O)C1CCC(C(O)CCC(O)CCCCCCCC(O)CC2=CC(C)OC2=O)O1. The zero-order valence-electron chi connectivity index (χ0n) is 28.1. The summed E-state index contributed by atoms with van der Waals surface area (Å²) in [6.07, 6.45) is 26.2. The third kappa shape index (κ3) is 17.4. The van der Waals surface area contributed by atoms with Gasteiger partial charge in [-0.25, -0.2) is 4.79 Å². The summed E-state index contributed by atoms with van der Waals surface area (Å²) in [4.78, 5) is 11.7. The fourth-order valence-corrected chi connectivity index (χ4v) is 6.46. The van der Waals surface area contributed by atoms with Crippen LogP contribution in [-0.4, -0.2) is 69.1 Å². The van der Waals surface area contributed by atoms with Crippen molar-refractivity contribution in [1.82, 2.24) is 0 Å². The van der Waals surface area contributed by atoms with E-state index in [4.69, 9.17) is 9.47 Å². The Morgan fingerprint density at radius 2 is 1.25 bits per heavy atom. The number of carbonyl (C=O) groups excluding carboxylic acids is 1. The van der Waals surface area contributed by atoms with E-state index in [1.165, 1.54) is 51.4 Å². The van der Waals surface area contributed by atoms with Crippen molar-refractivity contribution in [3.8, 4) is 0 Å². The van der Waals surface area contributed by atoms with Crippen LogP contribution in [0, 0.1) is 0 Å². The normalized spacial score (nSPS) is 23.2. The zero-order valence-corrected chi connectivity index (χ0v) is 28.1. The third-order valence-corrected chi connectivity index (χ3v) is 9.28. The number of rotatable bonds is 27. The number of hydrogen-bond donors (Lipinski definition) is 4. The average molecular weight is 623 g/mol. The van der Waals surface area contributed by atoms with Crippen LogP contribution in [0.3, 0.4) is 0 Å². The molecule has 1 saturated heterocycles. The predicted octanol–water partition coefficient (Wildman–Crippen LogP) is 7.62. The topological polar surface area (TPSA) is 116 Å². The van der Waals surface area contributed by atoms with Crippen molar-refractivity contribution in [2.75, 3.05) is 0 Å². The molecule has 0 bridgehead atoms. The van der Waals surface area contributed by atoms with Crippen LogP contribution in [0.1, 0.15) is 162 Å². The maximum absolute atomic E-state index is 11.7. The number of allylic oxidation sites excluding steroid dienone is 2. The molecule has 0 spiro atoms. The molecule has 2 aliphatic rings. The minimum atomic E-state index is -0.607. The van der Waals surface area contributed by atoms with Crippen molar-refractivity contribution in [2.24, 2.45) is 0 Å². The van der Waals surface area contributed by atoms with Gasteiger partial charge in [0.1, 0.15) is 6.10 Å². The summed E-state index contributed by atoms with van der Waals surface area (Å²) >= 11 is 0. The number of ether oxygens (including phenoxy) is 2. The molecule has 7 atom stereocenters. The van der Waals surface area contributed by atoms with Crippen LogP contribution < -0.4 is 0 Å². The lowest BCUT2D eigenvalue weighted by molar-refractivity contribution is -0.139. The molecule has 0 amide bonds. The zero-order chi connectivity index (χ0) is 32.0. The summed E-state index contributed by atoms with van der Waals surface area (Å²) in [7, 11) is 0. The predicted molar refractivity (Wildman–Crippen MR) is 177 cm³/mol. The fraction of sp³-hybridized carbons (Fsp3) is 0.865. The summed E-state index contributed by atoms with van der Waals surface area (Å²) in [6.45, 7) is 4.08. The van der Waals surface area contributed by atoms with Crippen molar-refractivity contribution in [1.29, 1.82) is 0 Å². The van der Waals surface area contributed by atoms with Gasteiger partial charge in [-0.15, -0.1) is 0 Å². The average Bonchev–Trinajstić information content (AvgIpc) is 3.62. The first-order valence-corrected chi connectivity index (χ1v) is 18.2. The quantitative estimate of drug-likeness (QED) is 0.0423. The lowest BCUT2D eigenvalue weighted by Gasteiger charge is -2.22. The smallest absolute Gasteiger partial charge is 0.334 e. The Hall–Kier alpha value is -1.25. The van der Waals surface area contributed by atoms with Gasteiger partial charge in [-0.2, -0.15) is 0 Å². The summed E-state index contributed by atoms with van der Waals surface area (Å²) in [5.41, 5.74) is 0.587. The highest BCUT2D eigenvalue weighted by atomic mass is 16.5. The van der Waals surface area contributed by atoms with Crippen molar-refractivity contribution in [3.63, 3.8) is 0 Å². The Labute approximate surface area is 268 Å². The molecule has 2 heterocycles. The fourth-order valence-electron chi connectivity index (χ4n) is 6.46. The van der Waals surface area contributed by atoms with E-state index in [1.807, 2.05) is 6.92 Å². The Morgan fingerprint density at radius 1 is 0.705 bits per heavy atom. The number of hydrogen-bond acceptors (Lipinski definition) is 7. The highest BCUT2D eigenvalue weighted by Gasteiger charge is 2.34. The van der Waals surface area contributed by atoms with Crippen molar-refractivity contribution in [2.45, 2.75) is 204 Å². The van der Waals surface area contributed by atoms with Crippen LogP contribution in [0.2, 0.25) is 0 Å². The highest BCUT2D eigenvalue weighted by Crippen LogP contribution is 2.28. The van der Waals surface area contributed by atoms with E-state index >= 15 is 0 Å². The van der Waals surface area contributed by atoms with Gasteiger partial charge in [0.15, 0.2) is 0 Å². The number of aliphatic hydroxyl groups excluding tert-OH is 4. The largest absolute Gasteiger partial charge is 0.455 e. The summed E-state index contributed by atoms with van der Waals surface area (Å²) in [5, 5.41) is 41.8. The molecule has 1 fully saturated rings. The van der Waals surface area contributed by atoms with E-state index < -0.39 is 24.4 Å². The second-order valence-electron chi connectivity index (χ2n) is 13.5. The van der Waals surface area contributed by atoms with Crippen LogP contribution in [-0.2, 0) is 14.3 Å². The number of aliphatic hydroxyl groups is 4. The molecular formula is C37H66O7. The summed E-state index contributed by atoms with van der Waals surface area (Å²) in [5.74, 6) is -0.306. The minimum absolute atomic E-state index is 0.192. The summed E-state index contributed by atoms with van der Waals surface area (Å²) < 4.78 is 11.1. The highest BCUT2D eigenvalue weighted by molar-refractivity contribution is 5.90. The van der Waals surface area contributed by atoms with Gasteiger partial charge in [-0.05, 0) is 77.2 Å². The maximum atomic E-state index is 11.7. The number of esters is 1. The van der Waals surface area contributed by atoms with Gasteiger partial charge in [-0.1, -0.05) is 96.1 Å². The molecule has 0 radical (unpaired) electrons. The molecule has 0 aromatic carbocycles. The Balaban J connectivity index is 1.42. The van der Waals surface area contributed by atoms with Crippen LogP contribution >= 0.6 is 0 Å². The van der Waals surface area contributed by atoms with E-state index in [9.17, 15) is 25.2 Å². The van der Waals surface area contributed by atoms with Crippen molar-refractivity contribution in [3.05, 3.63) is 23.8 Å². The third-order valence-electron chi connectivity index (χ3n) is 9.28. The first-order valence-electron chi connectivity index (χ1n) is 18.2. The molecular weight excluding hydrogens is 556 g/mol. The van der Waals surface area contributed by atoms with E-state index in [0.29, 0.717) is 37.7 Å². The van der Waals surface area contributed by atoms with Crippen molar-refractivity contribution >= 4 is 5.97 Å².